The van der Waals surface area contributed by atoms with E-state index in [1.165, 1.54) is 6.92 Å². The quantitative estimate of drug-likeness (QED) is 0.483. The summed E-state index contributed by atoms with van der Waals surface area (Å²) in [5.41, 5.74) is 0. The molecule has 1 N–H and O–H groups in total. The summed E-state index contributed by atoms with van der Waals surface area (Å²) in [5, 5.41) is 8.56. The zero-order chi connectivity index (χ0) is 14.3. The maximum absolute atomic E-state index is 10.4. The van der Waals surface area contributed by atoms with Gasteiger partial charge >= 0.3 is 5.97 Å². The van der Waals surface area contributed by atoms with Crippen LogP contribution in [0.3, 0.4) is 0 Å². The molecule has 0 amide bonds. The van der Waals surface area contributed by atoms with Gasteiger partial charge in [0, 0.05) is 6.61 Å². The molecule has 0 saturated carbocycles. The molecule has 0 rings (SSSR count). The van der Waals surface area contributed by atoms with E-state index < -0.39 is 12.1 Å². The van der Waals surface area contributed by atoms with Crippen LogP contribution in [-0.2, 0) is 23.7 Å². The number of hydrogen-bond donors (Lipinski definition) is 1. The Kier molecular flexibility index (Phi) is 13.2. The average Bonchev–Trinajstić information content (AvgIpc) is 2.39. The van der Waals surface area contributed by atoms with Crippen LogP contribution >= 0.6 is 0 Å². The standard InChI is InChI=1S/C13H26O6/c1-3-4-5-16-6-7-17-8-9-18-10-11-19-12(2)13(14)15/h12H,3-11H2,1-2H3,(H,14,15)/t12-/m1/s1. The Morgan fingerprint density at radius 1 is 0.947 bits per heavy atom. The first-order valence-corrected chi connectivity index (χ1v) is 6.76. The lowest BCUT2D eigenvalue weighted by atomic mass is 10.4. The van der Waals surface area contributed by atoms with E-state index in [0.29, 0.717) is 33.0 Å². The molecule has 0 unspecified atom stereocenters. The van der Waals surface area contributed by atoms with Gasteiger partial charge in [0.2, 0.25) is 0 Å². The second-order valence-electron chi connectivity index (χ2n) is 4.04. The van der Waals surface area contributed by atoms with Gasteiger partial charge in [0.1, 0.15) is 0 Å². The number of unbranched alkanes of at least 4 members (excludes halogenated alkanes) is 1. The molecule has 0 aromatic heterocycles. The van der Waals surface area contributed by atoms with E-state index in [0.717, 1.165) is 19.4 Å². The Morgan fingerprint density at radius 2 is 1.42 bits per heavy atom. The zero-order valence-electron chi connectivity index (χ0n) is 11.9. The summed E-state index contributed by atoms with van der Waals surface area (Å²) >= 11 is 0. The summed E-state index contributed by atoms with van der Waals surface area (Å²) in [6.07, 6.45) is 1.43. The lowest BCUT2D eigenvalue weighted by molar-refractivity contribution is -0.150. The summed E-state index contributed by atoms with van der Waals surface area (Å²) in [6.45, 7) is 7.20. The van der Waals surface area contributed by atoms with Crippen molar-refractivity contribution >= 4 is 5.97 Å². The third-order valence-electron chi connectivity index (χ3n) is 2.33. The fraction of sp³-hybridized carbons (Fsp3) is 0.923. The highest BCUT2D eigenvalue weighted by molar-refractivity contribution is 5.71. The third kappa shape index (κ3) is 13.5. The Hall–Kier alpha value is -0.690. The van der Waals surface area contributed by atoms with Gasteiger partial charge in [0.25, 0.3) is 0 Å². The van der Waals surface area contributed by atoms with Crippen molar-refractivity contribution in [3.8, 4) is 0 Å². The van der Waals surface area contributed by atoms with Crippen LogP contribution in [0.25, 0.3) is 0 Å². The minimum absolute atomic E-state index is 0.271. The Labute approximate surface area is 115 Å². The van der Waals surface area contributed by atoms with E-state index in [1.807, 2.05) is 0 Å². The van der Waals surface area contributed by atoms with Gasteiger partial charge in [-0.25, -0.2) is 4.79 Å². The molecule has 0 aromatic rings. The average molecular weight is 278 g/mol. The monoisotopic (exact) mass is 278 g/mol. The normalized spacial score (nSPS) is 12.5. The smallest absolute Gasteiger partial charge is 0.332 e. The molecule has 0 aromatic carbocycles. The Morgan fingerprint density at radius 3 is 1.89 bits per heavy atom. The van der Waals surface area contributed by atoms with E-state index >= 15 is 0 Å². The first-order chi connectivity index (χ1) is 9.18. The highest BCUT2D eigenvalue weighted by Crippen LogP contribution is 1.91. The van der Waals surface area contributed by atoms with Gasteiger partial charge < -0.3 is 24.1 Å². The predicted molar refractivity (Wildman–Crippen MR) is 70.4 cm³/mol. The van der Waals surface area contributed by atoms with Crippen LogP contribution in [0, 0.1) is 0 Å². The molecule has 0 aliphatic heterocycles. The van der Waals surface area contributed by atoms with E-state index in [9.17, 15) is 4.79 Å². The van der Waals surface area contributed by atoms with Crippen molar-refractivity contribution in [3.63, 3.8) is 0 Å². The Bertz CT molecular complexity index is 209. The largest absolute Gasteiger partial charge is 0.479 e. The highest BCUT2D eigenvalue weighted by atomic mass is 16.6. The van der Waals surface area contributed by atoms with Crippen molar-refractivity contribution in [1.82, 2.24) is 0 Å². The van der Waals surface area contributed by atoms with Crippen LogP contribution in [0.1, 0.15) is 26.7 Å². The number of aliphatic carboxylic acids is 1. The molecule has 6 nitrogen and oxygen atoms in total. The maximum Gasteiger partial charge on any atom is 0.332 e. The van der Waals surface area contributed by atoms with Gasteiger partial charge in [-0.15, -0.1) is 0 Å². The number of rotatable bonds is 14. The lowest BCUT2D eigenvalue weighted by Crippen LogP contribution is -2.22. The molecule has 1 atom stereocenters. The summed E-state index contributed by atoms with van der Waals surface area (Å²) in [4.78, 5) is 10.4. The molecule has 0 aliphatic carbocycles. The summed E-state index contributed by atoms with van der Waals surface area (Å²) in [6, 6.07) is 0. The zero-order valence-corrected chi connectivity index (χ0v) is 11.9. The number of hydrogen-bond acceptors (Lipinski definition) is 5. The number of ether oxygens (including phenoxy) is 4. The van der Waals surface area contributed by atoms with Crippen LogP contribution in [0.15, 0.2) is 0 Å². The SMILES string of the molecule is CCCCOCCOCCOCCO[C@H](C)C(=O)O. The molecule has 6 heteroatoms. The van der Waals surface area contributed by atoms with Crippen molar-refractivity contribution in [2.75, 3.05) is 46.2 Å². The van der Waals surface area contributed by atoms with Crippen molar-refractivity contribution in [1.29, 1.82) is 0 Å². The van der Waals surface area contributed by atoms with Crippen LogP contribution in [0.5, 0.6) is 0 Å². The predicted octanol–water partition coefficient (Wildman–Crippen LogP) is 1.33. The summed E-state index contributed by atoms with van der Waals surface area (Å²) < 4.78 is 20.8. The second-order valence-corrected chi connectivity index (χ2v) is 4.04. The number of carbonyl (C=O) groups is 1. The topological polar surface area (TPSA) is 74.2 Å². The van der Waals surface area contributed by atoms with Crippen LogP contribution in [0.2, 0.25) is 0 Å². The molecular formula is C13H26O6. The fourth-order valence-corrected chi connectivity index (χ4v) is 1.14. The minimum atomic E-state index is -0.966. The van der Waals surface area contributed by atoms with E-state index in [2.05, 4.69) is 6.92 Å². The lowest BCUT2D eigenvalue weighted by Gasteiger charge is -2.09. The molecule has 0 spiro atoms. The first kappa shape index (κ1) is 18.3. The van der Waals surface area contributed by atoms with Crippen LogP contribution in [-0.4, -0.2) is 63.4 Å². The molecule has 19 heavy (non-hydrogen) atoms. The van der Waals surface area contributed by atoms with Gasteiger partial charge in [0.05, 0.1) is 39.6 Å². The molecule has 0 radical (unpaired) electrons. The van der Waals surface area contributed by atoms with E-state index in [-0.39, 0.29) is 6.61 Å². The molecule has 114 valence electrons. The van der Waals surface area contributed by atoms with Gasteiger partial charge in [-0.1, -0.05) is 13.3 Å². The third-order valence-corrected chi connectivity index (χ3v) is 2.33. The maximum atomic E-state index is 10.4. The van der Waals surface area contributed by atoms with Gasteiger partial charge in [-0.3, -0.25) is 0 Å². The van der Waals surface area contributed by atoms with Gasteiger partial charge in [0.15, 0.2) is 6.10 Å². The second kappa shape index (κ2) is 13.7. The first-order valence-electron chi connectivity index (χ1n) is 6.76. The highest BCUT2D eigenvalue weighted by Gasteiger charge is 2.09. The summed E-state index contributed by atoms with van der Waals surface area (Å²) in [7, 11) is 0. The van der Waals surface area contributed by atoms with Crippen LogP contribution < -0.4 is 0 Å². The fourth-order valence-electron chi connectivity index (χ4n) is 1.14. The van der Waals surface area contributed by atoms with Crippen molar-refractivity contribution in [3.05, 3.63) is 0 Å². The Balaban J connectivity index is 3.05. The minimum Gasteiger partial charge on any atom is -0.479 e. The van der Waals surface area contributed by atoms with Crippen LogP contribution in [0.4, 0.5) is 0 Å². The van der Waals surface area contributed by atoms with E-state index in [1.54, 1.807) is 0 Å². The number of carboxylic acids is 1. The van der Waals surface area contributed by atoms with Gasteiger partial charge in [-0.2, -0.15) is 0 Å². The van der Waals surface area contributed by atoms with Crippen molar-refractivity contribution in [2.45, 2.75) is 32.8 Å². The van der Waals surface area contributed by atoms with Crippen molar-refractivity contribution in [2.24, 2.45) is 0 Å². The molecular weight excluding hydrogens is 252 g/mol. The molecule has 0 saturated heterocycles. The van der Waals surface area contributed by atoms with Gasteiger partial charge in [-0.05, 0) is 13.3 Å². The van der Waals surface area contributed by atoms with E-state index in [4.69, 9.17) is 24.1 Å². The molecule has 0 aliphatic rings. The van der Waals surface area contributed by atoms with Crippen molar-refractivity contribution < 1.29 is 28.8 Å². The molecule has 0 heterocycles. The molecule has 0 fully saturated rings. The molecule has 0 bridgehead atoms. The number of carboxylic acid groups (broad SMARTS) is 1. The summed E-state index contributed by atoms with van der Waals surface area (Å²) in [5.74, 6) is -0.966.